The first-order valence-electron chi connectivity index (χ1n) is 28.5. The molecule has 0 spiro atoms. The average Bonchev–Trinajstić information content (AvgIpc) is 1.48. The maximum Gasteiger partial charge on any atom is 1.00 e. The van der Waals surface area contributed by atoms with Gasteiger partial charge in [0.15, 0.2) is 5.82 Å². The normalized spacial score (nSPS) is 9.37. The van der Waals surface area contributed by atoms with Gasteiger partial charge in [-0.3, -0.25) is 5.10 Å². The van der Waals surface area contributed by atoms with Crippen LogP contribution in [0.4, 0.5) is 31.0 Å². The van der Waals surface area contributed by atoms with E-state index in [0.29, 0.717) is 58.1 Å². The van der Waals surface area contributed by atoms with Gasteiger partial charge < -0.3 is 35.8 Å². The van der Waals surface area contributed by atoms with Crippen LogP contribution >= 0.6 is 15.9 Å². The van der Waals surface area contributed by atoms with Gasteiger partial charge in [0.05, 0.1) is 29.9 Å². The van der Waals surface area contributed by atoms with Gasteiger partial charge in [-0.1, -0.05) is 174 Å². The van der Waals surface area contributed by atoms with Crippen LogP contribution in [0, 0.1) is 71.1 Å². The fourth-order valence-electron chi connectivity index (χ4n) is 7.33. The molecule has 509 valence electrons. The molecule has 0 aliphatic heterocycles. The van der Waals surface area contributed by atoms with Crippen LogP contribution in [0.25, 0.3) is 73.5 Å². The Morgan fingerprint density at radius 1 is 0.602 bits per heavy atom. The number of carbonyl (C=O) groups is 3. The molecule has 10 aromatic rings. The van der Waals surface area contributed by atoms with Gasteiger partial charge in [-0.05, 0) is 111 Å². The number of nitriles is 1. The Labute approximate surface area is 584 Å². The number of nitrogens with one attached hydrogen (secondary N) is 2. The minimum atomic E-state index is -1.22. The van der Waals surface area contributed by atoms with Crippen molar-refractivity contribution in [2.24, 2.45) is 0 Å². The number of carbonyl (C=O) groups excluding carboxylic acids is 2. The van der Waals surface area contributed by atoms with Gasteiger partial charge in [0.1, 0.15) is 35.8 Å². The van der Waals surface area contributed by atoms with Crippen molar-refractivity contribution in [1.82, 2.24) is 25.3 Å². The van der Waals surface area contributed by atoms with Crippen molar-refractivity contribution in [2.45, 2.75) is 66.7 Å². The molecule has 10 rings (SSSR count). The summed E-state index contributed by atoms with van der Waals surface area (Å²) in [4.78, 5) is 39.0. The van der Waals surface area contributed by atoms with E-state index < -0.39 is 17.9 Å². The number of hydrogen-bond acceptors (Lipinski definition) is 11. The molecule has 0 aliphatic carbocycles. The van der Waals surface area contributed by atoms with Crippen LogP contribution in [-0.4, -0.2) is 79.3 Å². The predicted molar refractivity (Wildman–Crippen MR) is 363 cm³/mol. The van der Waals surface area contributed by atoms with Crippen molar-refractivity contribution in [3.63, 3.8) is 0 Å². The molecule has 0 saturated heterocycles. The van der Waals surface area contributed by atoms with Gasteiger partial charge in [0, 0.05) is 64.9 Å². The van der Waals surface area contributed by atoms with E-state index in [-0.39, 0.29) is 58.6 Å². The minimum absolute atomic E-state index is 0. The first kappa shape index (κ1) is 86.8. The second-order valence-corrected chi connectivity index (χ2v) is 20.3. The molecule has 0 saturated carbocycles. The van der Waals surface area contributed by atoms with Crippen LogP contribution in [0.2, 0.25) is 6.82 Å². The molecule has 1 radical (unpaired) electrons. The van der Waals surface area contributed by atoms with Crippen LogP contribution in [0.1, 0.15) is 47.1 Å². The van der Waals surface area contributed by atoms with E-state index in [1.165, 1.54) is 66.6 Å². The summed E-state index contributed by atoms with van der Waals surface area (Å²) in [7, 11) is 0.500. The van der Waals surface area contributed by atoms with E-state index in [2.05, 4.69) is 52.4 Å². The van der Waals surface area contributed by atoms with Gasteiger partial charge >= 0.3 is 48.9 Å². The largest absolute Gasteiger partial charge is 1.00 e. The second kappa shape index (κ2) is 50.3. The van der Waals surface area contributed by atoms with Gasteiger partial charge in [-0.15, -0.1) is 17.5 Å². The van der Waals surface area contributed by atoms with Gasteiger partial charge in [-0.2, -0.15) is 15.5 Å². The molecule has 0 unspecified atom stereocenters. The molecule has 4 N–H and O–H groups in total. The molecule has 0 amide bonds. The number of benzene rings is 8. The number of terminal acetylenes is 2. The standard InChI is InChI=1S/C20H18FN3O2.C14H10FN3.C13H8FN.C12H8BrF.C6H8O2.C3H2O2.C3H8O.CH3BF.CN.Cu.F2/c1-14(2)26-19(25)10-11-24-13-22-20(23-24)16-8-9-17(18(21)12-16)15-6-4-3-5-7-15;15-13-8-11(14-16-9-17-18-14)6-7-12(13)10-4-2-1-3-5-10;14-13-8-10(9-15)6-7-12(13)11-4-2-1-3-5-11;13-10-6-7-11(12(14)8-10)9-4-2-1-3-5-9;1-4-6(7)8-5(2)3;1-2-3(4)5;1-3(2)4;1-2-3;1-2;;1-2/h3-14H,1-2H3;1-9H,(H,16,17,18);1-8H;1-8H;1,5H,2-3H3;1H,(H,4,5);3-4H,1-2H3;1H3;;;/q;;;;;;;;-1;+1;/p+1/b11-10-;;;;;;;;;;. The van der Waals surface area contributed by atoms with Crippen LogP contribution in [0.3, 0.4) is 0 Å². The molecule has 25 heteroatoms. The van der Waals surface area contributed by atoms with Gasteiger partial charge in [0.25, 0.3) is 5.82 Å². The molecule has 98 heavy (non-hydrogen) atoms. The number of aromatic nitrogens is 6. The molecule has 0 aliphatic rings. The number of halogens is 8. The van der Waals surface area contributed by atoms with E-state index in [9.17, 15) is 31.5 Å². The number of carboxylic acid groups (broad SMARTS) is 1. The van der Waals surface area contributed by atoms with E-state index >= 15 is 0 Å². The summed E-state index contributed by atoms with van der Waals surface area (Å²) in [6.45, 7) is 16.6. The molecular weight excluding hydrogens is 1390 g/mol. The average molecular weight is 1450 g/mol. The number of carboxylic acids is 1. The summed E-state index contributed by atoms with van der Waals surface area (Å²) in [5, 5.41) is 39.8. The van der Waals surface area contributed by atoms with Crippen molar-refractivity contribution < 1.29 is 86.8 Å². The molecule has 15 nitrogen and oxygen atoms in total. The summed E-state index contributed by atoms with van der Waals surface area (Å²) in [5.41, 5.74) is 7.30. The fourth-order valence-corrected chi connectivity index (χ4v) is 7.66. The Morgan fingerprint density at radius 2 is 0.969 bits per heavy atom. The quantitative estimate of drug-likeness (QED) is 0.0146. The van der Waals surface area contributed by atoms with Crippen LogP contribution in [0.5, 0.6) is 0 Å². The molecule has 0 atom stereocenters. The first-order chi connectivity index (χ1) is 46.5. The third-order valence-electron chi connectivity index (χ3n) is 11.1. The Morgan fingerprint density at radius 3 is 1.29 bits per heavy atom. The van der Waals surface area contributed by atoms with Crippen molar-refractivity contribution in [3.8, 4) is 98.0 Å². The summed E-state index contributed by atoms with van der Waals surface area (Å²) in [5.74, 6) is 0.918. The number of rotatable bonds is 10. The molecule has 0 bridgehead atoms. The summed E-state index contributed by atoms with van der Waals surface area (Å²) in [6.07, 6.45) is 14.2. The molecule has 8 aromatic carbocycles. The minimum Gasteiger partial charge on any atom is -0.512 e. The van der Waals surface area contributed by atoms with Crippen molar-refractivity contribution in [1.29, 1.82) is 10.5 Å². The number of esters is 2. The number of nitrogens with zero attached hydrogens (tertiary/aromatic N) is 6. The summed E-state index contributed by atoms with van der Waals surface area (Å²) >= 11 is 3.23. The van der Waals surface area contributed by atoms with Gasteiger partial charge in [0.2, 0.25) is 0 Å². The van der Waals surface area contributed by atoms with Gasteiger partial charge in [-0.25, -0.2) is 36.9 Å². The first-order valence-corrected chi connectivity index (χ1v) is 29.3. The number of aliphatic hydroxyl groups excluding tert-OH is 1. The fraction of sp³-hybridized carbons (Fsp3) is 0.137. The Balaban J connectivity index is 0.00000117. The van der Waals surface area contributed by atoms with Crippen LogP contribution in [0.15, 0.2) is 217 Å². The molecule has 0 fully saturated rings. The Hall–Kier alpha value is -11.2. The van der Waals surface area contributed by atoms with E-state index in [1.54, 1.807) is 77.9 Å². The van der Waals surface area contributed by atoms with Crippen molar-refractivity contribution in [2.75, 3.05) is 0 Å². The number of hydrogen-bond donors (Lipinski definition) is 4. The van der Waals surface area contributed by atoms with E-state index in [1.807, 2.05) is 145 Å². The number of ether oxygens (including phenoxy) is 2. The third-order valence-corrected chi connectivity index (χ3v) is 11.6. The van der Waals surface area contributed by atoms with Crippen LogP contribution < -0.4 is 4.68 Å². The maximum atomic E-state index is 14.5. The van der Waals surface area contributed by atoms with Crippen molar-refractivity contribution in [3.05, 3.63) is 253 Å². The van der Waals surface area contributed by atoms with Crippen molar-refractivity contribution >= 4 is 47.6 Å². The maximum absolute atomic E-state index is 14.5. The second-order valence-electron chi connectivity index (χ2n) is 19.4. The summed E-state index contributed by atoms with van der Waals surface area (Å²) in [6, 6.07) is 59.1. The van der Waals surface area contributed by atoms with Crippen LogP contribution in [-0.2, 0) is 40.9 Å². The topological polar surface area (TPSA) is 232 Å². The molecular formula is C73H66BBrCuF7N8O7+. The SMILES string of the molecule is C#CC(=O)O.C#CC(=O)OC(C)C.CC(C)O.CC(C)OC(=O)/C=C\[n+]1cnc(-c2ccc(-c3ccccc3)c(F)c2)[nH]1.C[B]F.FF.Fc1cc(-c2ncn[nH]2)ccc1-c1ccccc1.Fc1cc(Br)ccc1-c1ccccc1.N#Cc1ccc(-c2ccccc2)c(F)c1.[C-]#N.[Cu+]. The Kier molecular flexibility index (Phi) is 44.5. The third kappa shape index (κ3) is 34.3. The number of aromatic amines is 2. The zero-order valence-electron chi connectivity index (χ0n) is 53.7. The van der Waals surface area contributed by atoms with E-state index in [4.69, 9.17) is 52.4 Å². The molecule has 2 aromatic heterocycles. The summed E-state index contributed by atoms with van der Waals surface area (Å²) < 4.78 is 93.6. The predicted octanol–water partition coefficient (Wildman–Crippen LogP) is 16.7. The zero-order chi connectivity index (χ0) is 72.7. The number of aliphatic carboxylic acids is 1. The molecule has 2 heterocycles. The van der Waals surface area contributed by atoms with E-state index in [0.717, 1.165) is 26.7 Å². The number of H-pyrrole nitrogens is 2. The smallest absolute Gasteiger partial charge is 0.512 e. The monoisotopic (exact) mass is 1450 g/mol. The Bertz CT molecular complexity index is 4120. The zero-order valence-corrected chi connectivity index (χ0v) is 56.2. The number of aliphatic hydroxyl groups is 1.